The van der Waals surface area contributed by atoms with E-state index < -0.39 is 5.60 Å². The van der Waals surface area contributed by atoms with Gasteiger partial charge in [-0.25, -0.2) is 0 Å². The van der Waals surface area contributed by atoms with Crippen molar-refractivity contribution in [2.45, 2.75) is 83.0 Å². The molecule has 4 aromatic rings. The van der Waals surface area contributed by atoms with Crippen LogP contribution in [0.3, 0.4) is 0 Å². The minimum Gasteiger partial charge on any atom is -0.384 e. The smallest absolute Gasteiger partial charge is 0.174 e. The van der Waals surface area contributed by atoms with Gasteiger partial charge in [0, 0.05) is 27.2 Å². The lowest BCUT2D eigenvalue weighted by Gasteiger charge is -2.62. The molecule has 9 rings (SSSR count). The number of hydrogen-bond acceptors (Lipinski definition) is 4. The summed E-state index contributed by atoms with van der Waals surface area (Å²) in [5.41, 5.74) is 1.05. The first-order valence-corrected chi connectivity index (χ1v) is 17.7. The second kappa shape index (κ2) is 9.39. The van der Waals surface area contributed by atoms with E-state index in [2.05, 4.69) is 80.6 Å². The average Bonchev–Trinajstić information content (AvgIpc) is 3.77. The van der Waals surface area contributed by atoms with Gasteiger partial charge in [0.15, 0.2) is 5.79 Å². The number of benzene rings is 3. The highest BCUT2D eigenvalue weighted by Gasteiger charge is 2.67. The molecule has 7 atom stereocenters. The number of rotatable bonds is 2. The van der Waals surface area contributed by atoms with Crippen LogP contribution in [-0.2, 0) is 15.1 Å². The van der Waals surface area contributed by atoms with Gasteiger partial charge in [-0.15, -0.1) is 11.3 Å². The summed E-state index contributed by atoms with van der Waals surface area (Å²) in [5.74, 6) is 2.49. The molecule has 3 aromatic carbocycles. The molecule has 4 aliphatic carbocycles. The Morgan fingerprint density at radius 3 is 2.19 bits per heavy atom. The normalized spacial score (nSPS) is 38.3. The van der Waals surface area contributed by atoms with E-state index in [0.29, 0.717) is 17.3 Å². The van der Waals surface area contributed by atoms with Gasteiger partial charge in [0.1, 0.15) is 0 Å². The summed E-state index contributed by atoms with van der Waals surface area (Å²) in [7, 11) is 0. The SMILES string of the molecule is C[C@]12CC[C@](O)(c3ccc(-c4c5ccccc5cc5ccccc45)s3)C[C@@H]1CC[C@@H]1[C@@H]2CC[C@@]2(C)[C@H]1CCC21OCCO1. The first kappa shape index (κ1) is 27.1. The van der Waals surface area contributed by atoms with E-state index >= 15 is 0 Å². The van der Waals surface area contributed by atoms with Crippen molar-refractivity contribution in [3.05, 3.63) is 71.6 Å². The van der Waals surface area contributed by atoms with Crippen molar-refractivity contribution in [1.82, 2.24) is 0 Å². The second-order valence-corrected chi connectivity index (χ2v) is 16.3. The third kappa shape index (κ3) is 3.70. The van der Waals surface area contributed by atoms with Gasteiger partial charge in [-0.1, -0.05) is 62.4 Å². The van der Waals surface area contributed by atoms with E-state index in [9.17, 15) is 5.11 Å². The van der Waals surface area contributed by atoms with Crippen LogP contribution in [0.2, 0.25) is 0 Å². The molecule has 1 spiro atoms. The Balaban J connectivity index is 1.01. The molecule has 2 heterocycles. The molecule has 1 aliphatic heterocycles. The van der Waals surface area contributed by atoms with Gasteiger partial charge in [-0.05, 0) is 120 Å². The molecule has 0 radical (unpaired) electrons. The number of hydrogen-bond donors (Lipinski definition) is 1. The predicted molar refractivity (Wildman–Crippen MR) is 175 cm³/mol. The average molecular weight is 593 g/mol. The molecule has 224 valence electrons. The van der Waals surface area contributed by atoms with Gasteiger partial charge < -0.3 is 14.6 Å². The van der Waals surface area contributed by atoms with Crippen LogP contribution >= 0.6 is 11.3 Å². The quantitative estimate of drug-likeness (QED) is 0.236. The zero-order chi connectivity index (χ0) is 29.0. The van der Waals surface area contributed by atoms with E-state index in [1.807, 2.05) is 11.3 Å². The Kier molecular flexibility index (Phi) is 5.92. The fourth-order valence-corrected chi connectivity index (χ4v) is 12.6. The van der Waals surface area contributed by atoms with Crippen LogP contribution in [-0.4, -0.2) is 24.1 Å². The maximum Gasteiger partial charge on any atom is 0.174 e. The Labute approximate surface area is 259 Å². The molecule has 4 heteroatoms. The molecular formula is C39H44O3S. The molecule has 4 saturated carbocycles. The first-order valence-electron chi connectivity index (χ1n) is 16.9. The molecule has 1 N–H and O–H groups in total. The largest absolute Gasteiger partial charge is 0.384 e. The molecule has 43 heavy (non-hydrogen) atoms. The molecule has 0 bridgehead atoms. The van der Waals surface area contributed by atoms with Gasteiger partial charge in [0.05, 0.1) is 18.8 Å². The number of thiophene rings is 1. The molecule has 3 nitrogen and oxygen atoms in total. The molecule has 5 fully saturated rings. The third-order valence-electron chi connectivity index (χ3n) is 13.6. The number of ether oxygens (including phenoxy) is 2. The van der Waals surface area contributed by atoms with Crippen molar-refractivity contribution < 1.29 is 14.6 Å². The zero-order valence-corrected chi connectivity index (χ0v) is 26.4. The van der Waals surface area contributed by atoms with Crippen molar-refractivity contribution in [3.63, 3.8) is 0 Å². The Morgan fingerprint density at radius 2 is 1.44 bits per heavy atom. The molecule has 5 aliphatic rings. The minimum atomic E-state index is -0.730. The van der Waals surface area contributed by atoms with Crippen LogP contribution in [0.15, 0.2) is 66.7 Å². The summed E-state index contributed by atoms with van der Waals surface area (Å²) < 4.78 is 12.8. The summed E-state index contributed by atoms with van der Waals surface area (Å²) >= 11 is 1.83. The van der Waals surface area contributed by atoms with E-state index in [0.717, 1.165) is 55.6 Å². The predicted octanol–water partition coefficient (Wildman–Crippen LogP) is 9.69. The molecule has 1 saturated heterocycles. The fourth-order valence-electron chi connectivity index (χ4n) is 11.4. The van der Waals surface area contributed by atoms with E-state index in [1.54, 1.807) is 0 Å². The van der Waals surface area contributed by atoms with Crippen molar-refractivity contribution in [3.8, 4) is 10.4 Å². The van der Waals surface area contributed by atoms with Crippen LogP contribution in [0.25, 0.3) is 32.0 Å². The van der Waals surface area contributed by atoms with Crippen molar-refractivity contribution in [2.24, 2.45) is 34.5 Å². The standard InChI is InChI=1S/C39H44O3S/c1-36-19-20-38(40,24-27(36)11-12-30-31(36)15-17-37(2)32(30)16-18-39(37)41-21-22-42-39)34-14-13-33(43-34)35-28-9-5-3-7-25(28)23-26-8-4-6-10-29(26)35/h3-10,13-14,23,27,30-32,40H,11-12,15-22,24H2,1-2H3/t27-,30+,31-,32-,36-,37-,38+/m0/s1. The van der Waals surface area contributed by atoms with Gasteiger partial charge in [-0.3, -0.25) is 0 Å². The Hall–Kier alpha value is -2.24. The van der Waals surface area contributed by atoms with Gasteiger partial charge in [0.2, 0.25) is 0 Å². The molecule has 0 amide bonds. The lowest BCUT2D eigenvalue weighted by atomic mass is 9.44. The summed E-state index contributed by atoms with van der Waals surface area (Å²) in [6.07, 6.45) is 10.3. The second-order valence-electron chi connectivity index (χ2n) is 15.2. The van der Waals surface area contributed by atoms with Gasteiger partial charge in [-0.2, -0.15) is 0 Å². The zero-order valence-electron chi connectivity index (χ0n) is 25.6. The van der Waals surface area contributed by atoms with Crippen molar-refractivity contribution in [1.29, 1.82) is 0 Å². The van der Waals surface area contributed by atoms with Crippen LogP contribution < -0.4 is 0 Å². The summed E-state index contributed by atoms with van der Waals surface area (Å²) in [6, 6.07) is 24.3. The highest BCUT2D eigenvalue weighted by atomic mass is 32.1. The van der Waals surface area contributed by atoms with Crippen LogP contribution in [0.1, 0.15) is 76.5 Å². The Bertz CT molecular complexity index is 1660. The topological polar surface area (TPSA) is 38.7 Å². The summed E-state index contributed by atoms with van der Waals surface area (Å²) in [6.45, 7) is 6.62. The Morgan fingerprint density at radius 1 is 0.744 bits per heavy atom. The number of fused-ring (bicyclic) bond motifs is 8. The van der Waals surface area contributed by atoms with E-state index in [1.165, 1.54) is 64.1 Å². The van der Waals surface area contributed by atoms with E-state index in [4.69, 9.17) is 9.47 Å². The fraction of sp³-hybridized carbons (Fsp3) is 0.538. The van der Waals surface area contributed by atoms with Crippen LogP contribution in [0.4, 0.5) is 0 Å². The first-order chi connectivity index (χ1) is 20.8. The van der Waals surface area contributed by atoms with Gasteiger partial charge >= 0.3 is 0 Å². The summed E-state index contributed by atoms with van der Waals surface area (Å²) in [4.78, 5) is 2.43. The highest BCUT2D eigenvalue weighted by molar-refractivity contribution is 7.15. The number of aliphatic hydroxyl groups is 1. The van der Waals surface area contributed by atoms with Crippen LogP contribution in [0.5, 0.6) is 0 Å². The molecule has 0 unspecified atom stereocenters. The molecular weight excluding hydrogens is 548 g/mol. The maximum atomic E-state index is 12.4. The lowest BCUT2D eigenvalue weighted by molar-refractivity contribution is -0.249. The van der Waals surface area contributed by atoms with Crippen LogP contribution in [0, 0.1) is 34.5 Å². The van der Waals surface area contributed by atoms with Crippen molar-refractivity contribution in [2.75, 3.05) is 13.2 Å². The highest BCUT2D eigenvalue weighted by Crippen LogP contribution is 2.70. The maximum absolute atomic E-state index is 12.4. The van der Waals surface area contributed by atoms with Gasteiger partial charge in [0.25, 0.3) is 0 Å². The summed E-state index contributed by atoms with van der Waals surface area (Å²) in [5, 5.41) is 17.5. The monoisotopic (exact) mass is 592 g/mol. The lowest BCUT2D eigenvalue weighted by Crippen LogP contribution is -2.57. The minimum absolute atomic E-state index is 0.155. The molecule has 1 aromatic heterocycles. The third-order valence-corrected chi connectivity index (χ3v) is 14.9. The van der Waals surface area contributed by atoms with Crippen molar-refractivity contribution >= 4 is 32.9 Å². The van der Waals surface area contributed by atoms with E-state index in [-0.39, 0.29) is 11.2 Å².